The zero-order valence-electron chi connectivity index (χ0n) is 18.7. The number of benzene rings is 4. The number of methoxy groups -OCH3 is 2. The predicted octanol–water partition coefficient (Wildman–Crippen LogP) is 6.11. The Hall–Kier alpha value is -4.31. The van der Waals surface area contributed by atoms with Crippen molar-refractivity contribution in [3.8, 4) is 45.4 Å². The van der Waals surface area contributed by atoms with E-state index in [1.54, 1.807) is 14.2 Å². The van der Waals surface area contributed by atoms with Gasteiger partial charge in [-0.25, -0.2) is 0 Å². The minimum absolute atomic E-state index is 0.832. The number of aromatic nitrogens is 2. The summed E-state index contributed by atoms with van der Waals surface area (Å²) in [6.07, 6.45) is 2.16. The molecule has 0 fully saturated rings. The number of rotatable bonds is 6. The summed E-state index contributed by atoms with van der Waals surface area (Å²) in [5, 5.41) is 0. The van der Waals surface area contributed by atoms with Crippen LogP contribution in [-0.2, 0) is 0 Å². The molecule has 4 heteroatoms. The first kappa shape index (κ1) is 20.6. The van der Waals surface area contributed by atoms with Crippen LogP contribution in [0, 0.1) is 0 Å². The molecule has 162 valence electrons. The summed E-state index contributed by atoms with van der Waals surface area (Å²) < 4.78 is 15.3. The van der Waals surface area contributed by atoms with E-state index in [9.17, 15) is 0 Å². The lowest BCUT2D eigenvalue weighted by Gasteiger charge is -2.08. The first-order chi connectivity index (χ1) is 16.3. The Morgan fingerprint density at radius 2 is 1.09 bits per heavy atom. The summed E-state index contributed by atoms with van der Waals surface area (Å²) in [4.78, 5) is 0. The van der Waals surface area contributed by atoms with Crippen LogP contribution in [0.25, 0.3) is 33.9 Å². The van der Waals surface area contributed by atoms with E-state index in [4.69, 9.17) is 9.47 Å². The molecule has 0 aliphatic heterocycles. The van der Waals surface area contributed by atoms with Crippen LogP contribution in [-0.4, -0.2) is 18.8 Å². The average molecular weight is 434 g/mol. The van der Waals surface area contributed by atoms with Crippen LogP contribution in [0.15, 0.2) is 116 Å². The second-order valence-electron chi connectivity index (χ2n) is 7.68. The fourth-order valence-electron chi connectivity index (χ4n) is 4.08. The summed E-state index contributed by atoms with van der Waals surface area (Å²) in [6, 6.07) is 37.3. The molecule has 0 N–H and O–H groups in total. The molecule has 0 aliphatic rings. The van der Waals surface area contributed by atoms with E-state index < -0.39 is 0 Å². The number of para-hydroxylation sites is 2. The molecule has 0 amide bonds. The lowest BCUT2D eigenvalue weighted by atomic mass is 10.0. The molecule has 0 saturated heterocycles. The molecule has 5 rings (SSSR count). The van der Waals surface area contributed by atoms with Crippen molar-refractivity contribution < 1.29 is 14.0 Å². The molecular weight excluding hydrogens is 408 g/mol. The standard InChI is InChI=1S/C29H25N2O2/c1-32-26-17-13-22(14-18-26)28-29(23-15-19-27(33-2)20-16-23)31(25-11-7-4-8-12-25)21-30(28)24-9-5-3-6-10-24/h3-21H,1-2H3/q+1. The van der Waals surface area contributed by atoms with Gasteiger partial charge < -0.3 is 9.47 Å². The minimum atomic E-state index is 0.832. The molecule has 4 nitrogen and oxygen atoms in total. The predicted molar refractivity (Wildman–Crippen MR) is 131 cm³/mol. The van der Waals surface area contributed by atoms with E-state index in [0.717, 1.165) is 45.4 Å². The van der Waals surface area contributed by atoms with E-state index in [0.29, 0.717) is 0 Å². The van der Waals surface area contributed by atoms with Gasteiger partial charge in [-0.3, -0.25) is 0 Å². The molecule has 0 radical (unpaired) electrons. The maximum absolute atomic E-state index is 5.41. The number of hydrogen-bond acceptors (Lipinski definition) is 2. The van der Waals surface area contributed by atoms with Gasteiger partial charge in [0.05, 0.1) is 14.2 Å². The summed E-state index contributed by atoms with van der Waals surface area (Å²) in [5.41, 5.74) is 6.57. The summed E-state index contributed by atoms with van der Waals surface area (Å²) in [5.74, 6) is 1.66. The van der Waals surface area contributed by atoms with E-state index in [1.807, 2.05) is 36.4 Å². The first-order valence-corrected chi connectivity index (χ1v) is 10.8. The third kappa shape index (κ3) is 3.99. The summed E-state index contributed by atoms with van der Waals surface area (Å²) in [7, 11) is 3.38. The smallest absolute Gasteiger partial charge is 0.255 e. The van der Waals surface area contributed by atoms with Crippen molar-refractivity contribution in [2.75, 3.05) is 14.2 Å². The van der Waals surface area contributed by atoms with Crippen molar-refractivity contribution in [3.63, 3.8) is 0 Å². The molecule has 0 aliphatic carbocycles. The largest absolute Gasteiger partial charge is 0.497 e. The van der Waals surface area contributed by atoms with Gasteiger partial charge in [-0.1, -0.05) is 36.4 Å². The van der Waals surface area contributed by atoms with Crippen molar-refractivity contribution >= 4 is 0 Å². The Labute approximate surface area is 193 Å². The van der Waals surface area contributed by atoms with E-state index in [2.05, 4.69) is 88.3 Å². The van der Waals surface area contributed by atoms with Crippen LogP contribution in [0.1, 0.15) is 0 Å². The Morgan fingerprint density at radius 3 is 1.64 bits per heavy atom. The fourth-order valence-corrected chi connectivity index (χ4v) is 4.08. The highest BCUT2D eigenvalue weighted by Crippen LogP contribution is 2.34. The fraction of sp³-hybridized carbons (Fsp3) is 0.0690. The highest BCUT2D eigenvalue weighted by atomic mass is 16.5. The van der Waals surface area contributed by atoms with Crippen LogP contribution < -0.4 is 14.0 Å². The maximum Gasteiger partial charge on any atom is 0.255 e. The van der Waals surface area contributed by atoms with E-state index in [-0.39, 0.29) is 0 Å². The lowest BCUT2D eigenvalue weighted by Crippen LogP contribution is -2.30. The Bertz CT molecular complexity index is 1240. The topological polar surface area (TPSA) is 27.3 Å². The number of nitrogens with zero attached hydrogens (tertiary/aromatic N) is 2. The van der Waals surface area contributed by atoms with E-state index in [1.165, 1.54) is 0 Å². The van der Waals surface area contributed by atoms with Gasteiger partial charge in [-0.05, 0) is 72.8 Å². The van der Waals surface area contributed by atoms with Gasteiger partial charge in [0, 0.05) is 11.1 Å². The molecule has 0 spiro atoms. The second kappa shape index (κ2) is 9.05. The van der Waals surface area contributed by atoms with Gasteiger partial charge in [0.1, 0.15) is 22.9 Å². The third-order valence-corrected chi connectivity index (χ3v) is 5.73. The molecule has 4 aromatic carbocycles. The quantitative estimate of drug-likeness (QED) is 0.302. The van der Waals surface area contributed by atoms with Gasteiger partial charge in [-0.15, -0.1) is 0 Å². The van der Waals surface area contributed by atoms with Gasteiger partial charge in [0.15, 0.2) is 11.4 Å². The maximum atomic E-state index is 5.41. The van der Waals surface area contributed by atoms with Crippen molar-refractivity contribution in [2.45, 2.75) is 0 Å². The zero-order chi connectivity index (χ0) is 22.6. The highest BCUT2D eigenvalue weighted by molar-refractivity contribution is 5.78. The molecule has 33 heavy (non-hydrogen) atoms. The molecular formula is C29H25N2O2+. The first-order valence-electron chi connectivity index (χ1n) is 10.8. The van der Waals surface area contributed by atoms with Gasteiger partial charge in [0.2, 0.25) is 0 Å². The van der Waals surface area contributed by atoms with Crippen LogP contribution >= 0.6 is 0 Å². The van der Waals surface area contributed by atoms with Crippen LogP contribution in [0.5, 0.6) is 11.5 Å². The number of imidazole rings is 1. The molecule has 1 heterocycles. The summed E-state index contributed by atoms with van der Waals surface area (Å²) in [6.45, 7) is 0. The molecule has 0 unspecified atom stereocenters. The average Bonchev–Trinajstić information content (AvgIpc) is 3.30. The highest BCUT2D eigenvalue weighted by Gasteiger charge is 2.28. The SMILES string of the molecule is COc1ccc(-c2c(-c3ccc(OC)cc3)[n+](-c3ccccc3)cn2-c2ccccc2)cc1. The Kier molecular flexibility index (Phi) is 5.64. The summed E-state index contributed by atoms with van der Waals surface area (Å²) >= 11 is 0. The van der Waals surface area contributed by atoms with Crippen molar-refractivity contribution in [2.24, 2.45) is 0 Å². The normalized spacial score (nSPS) is 10.7. The molecule has 5 aromatic rings. The van der Waals surface area contributed by atoms with E-state index >= 15 is 0 Å². The van der Waals surface area contributed by atoms with Crippen LogP contribution in [0.3, 0.4) is 0 Å². The number of ether oxygens (including phenoxy) is 2. The zero-order valence-corrected chi connectivity index (χ0v) is 18.7. The molecule has 0 saturated carbocycles. The van der Waals surface area contributed by atoms with Crippen molar-refractivity contribution in [1.29, 1.82) is 0 Å². The second-order valence-corrected chi connectivity index (χ2v) is 7.68. The van der Waals surface area contributed by atoms with Crippen molar-refractivity contribution in [1.82, 2.24) is 4.57 Å². The van der Waals surface area contributed by atoms with Crippen molar-refractivity contribution in [3.05, 3.63) is 116 Å². The number of hydrogen-bond donors (Lipinski definition) is 0. The monoisotopic (exact) mass is 433 g/mol. The molecule has 0 bridgehead atoms. The van der Waals surface area contributed by atoms with Crippen LogP contribution in [0.4, 0.5) is 0 Å². The third-order valence-electron chi connectivity index (χ3n) is 5.73. The molecule has 1 aromatic heterocycles. The van der Waals surface area contributed by atoms with Gasteiger partial charge in [0.25, 0.3) is 6.33 Å². The lowest BCUT2D eigenvalue weighted by molar-refractivity contribution is -0.583. The van der Waals surface area contributed by atoms with Crippen LogP contribution in [0.2, 0.25) is 0 Å². The molecule has 0 atom stereocenters. The Balaban J connectivity index is 1.84. The Morgan fingerprint density at radius 1 is 0.576 bits per heavy atom. The van der Waals surface area contributed by atoms with Gasteiger partial charge in [-0.2, -0.15) is 9.13 Å². The minimum Gasteiger partial charge on any atom is -0.497 e. The van der Waals surface area contributed by atoms with Gasteiger partial charge >= 0.3 is 0 Å².